The number of hydrogen-bond donors (Lipinski definition) is 0. The SMILES string of the molecule is CC.CC(=Nc1ccccc1C)c1ccc(Cl)cc1-c1ccc(C#N)cc1C. The fraction of sp³-hybridized carbons (Fsp3) is 0.200. The number of aliphatic imine (C=N–C) groups is 1. The van der Waals surface area contributed by atoms with E-state index in [1.165, 1.54) is 0 Å². The zero-order chi connectivity index (χ0) is 20.7. The molecule has 142 valence electrons. The Bertz CT molecular complexity index is 1040. The molecule has 0 unspecified atom stereocenters. The highest BCUT2D eigenvalue weighted by Gasteiger charge is 2.12. The van der Waals surface area contributed by atoms with Crippen molar-refractivity contribution in [1.29, 1.82) is 5.26 Å². The lowest BCUT2D eigenvalue weighted by atomic mass is 9.93. The summed E-state index contributed by atoms with van der Waals surface area (Å²) < 4.78 is 0. The first-order chi connectivity index (χ1) is 13.5. The summed E-state index contributed by atoms with van der Waals surface area (Å²) in [6.45, 7) is 10.1. The van der Waals surface area contributed by atoms with E-state index in [0.717, 1.165) is 39.2 Å². The Kier molecular flexibility index (Phi) is 7.55. The van der Waals surface area contributed by atoms with Gasteiger partial charge >= 0.3 is 0 Å². The maximum atomic E-state index is 9.11. The van der Waals surface area contributed by atoms with Crippen LogP contribution in [0.5, 0.6) is 0 Å². The van der Waals surface area contributed by atoms with Crippen molar-refractivity contribution in [1.82, 2.24) is 0 Å². The Balaban J connectivity index is 0.00000136. The molecule has 0 aliphatic rings. The minimum absolute atomic E-state index is 0.653. The van der Waals surface area contributed by atoms with Gasteiger partial charge in [-0.05, 0) is 73.4 Å². The first-order valence-corrected chi connectivity index (χ1v) is 9.79. The van der Waals surface area contributed by atoms with Gasteiger partial charge in [-0.1, -0.05) is 55.8 Å². The van der Waals surface area contributed by atoms with Crippen LogP contribution >= 0.6 is 11.6 Å². The third-order valence-corrected chi connectivity index (χ3v) is 4.66. The van der Waals surface area contributed by atoms with Gasteiger partial charge in [0.2, 0.25) is 0 Å². The minimum Gasteiger partial charge on any atom is -0.253 e. The largest absolute Gasteiger partial charge is 0.253 e. The Morgan fingerprint density at radius 2 is 1.61 bits per heavy atom. The molecule has 0 saturated carbocycles. The highest BCUT2D eigenvalue weighted by atomic mass is 35.5. The van der Waals surface area contributed by atoms with Crippen LogP contribution in [0, 0.1) is 25.2 Å². The number of aryl methyl sites for hydroxylation is 2. The molecule has 0 saturated heterocycles. The average Bonchev–Trinajstić information content (AvgIpc) is 2.71. The van der Waals surface area contributed by atoms with Crippen LogP contribution in [-0.2, 0) is 0 Å². The molecule has 3 rings (SSSR count). The van der Waals surface area contributed by atoms with Gasteiger partial charge in [0.05, 0.1) is 17.3 Å². The number of halogens is 1. The Hall–Kier alpha value is -2.89. The summed E-state index contributed by atoms with van der Waals surface area (Å²) in [4.78, 5) is 4.83. The number of nitrogens with zero attached hydrogens (tertiary/aromatic N) is 2. The van der Waals surface area contributed by atoms with Crippen molar-refractivity contribution < 1.29 is 0 Å². The normalized spacial score (nSPS) is 10.7. The second kappa shape index (κ2) is 9.88. The number of benzene rings is 3. The van der Waals surface area contributed by atoms with Gasteiger partial charge in [-0.3, -0.25) is 4.99 Å². The first-order valence-electron chi connectivity index (χ1n) is 9.41. The lowest BCUT2D eigenvalue weighted by molar-refractivity contribution is 1.38. The predicted octanol–water partition coefficient (Wildman–Crippen LogP) is 7.66. The van der Waals surface area contributed by atoms with Crippen LogP contribution in [0.15, 0.2) is 65.7 Å². The topological polar surface area (TPSA) is 36.1 Å². The van der Waals surface area contributed by atoms with Crippen LogP contribution in [0.2, 0.25) is 5.02 Å². The molecule has 3 aromatic carbocycles. The van der Waals surface area contributed by atoms with Gasteiger partial charge in [-0.2, -0.15) is 5.26 Å². The molecule has 0 spiro atoms. The molecule has 3 aromatic rings. The number of rotatable bonds is 3. The van der Waals surface area contributed by atoms with Crippen LogP contribution in [0.4, 0.5) is 5.69 Å². The molecule has 0 atom stereocenters. The van der Waals surface area contributed by atoms with E-state index in [9.17, 15) is 0 Å². The lowest BCUT2D eigenvalue weighted by Crippen LogP contribution is -1.99. The summed E-state index contributed by atoms with van der Waals surface area (Å²) in [5.74, 6) is 0. The highest BCUT2D eigenvalue weighted by molar-refractivity contribution is 6.31. The molecule has 0 bridgehead atoms. The molecule has 0 heterocycles. The van der Waals surface area contributed by atoms with Crippen LogP contribution in [0.1, 0.15) is 43.0 Å². The fourth-order valence-electron chi connectivity index (χ4n) is 3.02. The van der Waals surface area contributed by atoms with Crippen molar-refractivity contribution in [2.24, 2.45) is 4.99 Å². The maximum absolute atomic E-state index is 9.11. The molecule has 0 fully saturated rings. The highest BCUT2D eigenvalue weighted by Crippen LogP contribution is 2.31. The average molecular weight is 389 g/mol. The summed E-state index contributed by atoms with van der Waals surface area (Å²) in [7, 11) is 0. The third-order valence-electron chi connectivity index (χ3n) is 4.42. The van der Waals surface area contributed by atoms with E-state index in [1.54, 1.807) is 0 Å². The summed E-state index contributed by atoms with van der Waals surface area (Å²) in [6.07, 6.45) is 0. The summed E-state index contributed by atoms with van der Waals surface area (Å²) in [6, 6.07) is 21.8. The fourth-order valence-corrected chi connectivity index (χ4v) is 3.19. The van der Waals surface area contributed by atoms with E-state index in [2.05, 4.69) is 19.1 Å². The molecule has 28 heavy (non-hydrogen) atoms. The predicted molar refractivity (Wildman–Crippen MR) is 121 cm³/mol. The van der Waals surface area contributed by atoms with E-state index in [0.29, 0.717) is 10.6 Å². The van der Waals surface area contributed by atoms with E-state index < -0.39 is 0 Å². The van der Waals surface area contributed by atoms with Crippen LogP contribution < -0.4 is 0 Å². The second-order valence-corrected chi connectivity index (χ2v) is 6.75. The van der Waals surface area contributed by atoms with Crippen molar-refractivity contribution in [3.05, 3.63) is 87.9 Å². The van der Waals surface area contributed by atoms with Crippen LogP contribution in [0.25, 0.3) is 11.1 Å². The zero-order valence-corrected chi connectivity index (χ0v) is 17.8. The lowest BCUT2D eigenvalue weighted by Gasteiger charge is -2.13. The molecule has 0 N–H and O–H groups in total. The maximum Gasteiger partial charge on any atom is 0.0991 e. The first kappa shape index (κ1) is 21.4. The Morgan fingerprint density at radius 3 is 2.25 bits per heavy atom. The molecule has 0 aliphatic carbocycles. The molecule has 3 heteroatoms. The molecule has 2 nitrogen and oxygen atoms in total. The van der Waals surface area contributed by atoms with Gasteiger partial charge in [0.1, 0.15) is 0 Å². The van der Waals surface area contributed by atoms with Crippen molar-refractivity contribution >= 4 is 23.0 Å². The van der Waals surface area contributed by atoms with E-state index in [4.69, 9.17) is 21.9 Å². The van der Waals surface area contributed by atoms with Crippen molar-refractivity contribution in [3.8, 4) is 17.2 Å². The van der Waals surface area contributed by atoms with Gasteiger partial charge < -0.3 is 0 Å². The van der Waals surface area contributed by atoms with Crippen LogP contribution in [-0.4, -0.2) is 5.71 Å². The van der Waals surface area contributed by atoms with Crippen LogP contribution in [0.3, 0.4) is 0 Å². The van der Waals surface area contributed by atoms with Gasteiger partial charge in [0, 0.05) is 16.3 Å². The van der Waals surface area contributed by atoms with E-state index in [1.807, 2.05) is 82.3 Å². The zero-order valence-electron chi connectivity index (χ0n) is 17.0. The summed E-state index contributed by atoms with van der Waals surface area (Å²) in [5, 5.41) is 9.79. The molecular formula is C25H25ClN2. The summed E-state index contributed by atoms with van der Waals surface area (Å²) in [5.41, 5.74) is 7.83. The second-order valence-electron chi connectivity index (χ2n) is 6.32. The van der Waals surface area contributed by atoms with Gasteiger partial charge in [-0.15, -0.1) is 0 Å². The molecule has 0 amide bonds. The van der Waals surface area contributed by atoms with Crippen molar-refractivity contribution in [2.75, 3.05) is 0 Å². The molecule has 0 radical (unpaired) electrons. The number of hydrogen-bond acceptors (Lipinski definition) is 2. The number of nitriles is 1. The van der Waals surface area contributed by atoms with Gasteiger partial charge in [-0.25, -0.2) is 0 Å². The minimum atomic E-state index is 0.653. The van der Waals surface area contributed by atoms with Gasteiger partial charge in [0.15, 0.2) is 0 Å². The molecule has 0 aliphatic heterocycles. The smallest absolute Gasteiger partial charge is 0.0991 e. The molecular weight excluding hydrogens is 364 g/mol. The van der Waals surface area contributed by atoms with E-state index in [-0.39, 0.29) is 0 Å². The van der Waals surface area contributed by atoms with Gasteiger partial charge in [0.25, 0.3) is 0 Å². The monoisotopic (exact) mass is 388 g/mol. The van der Waals surface area contributed by atoms with E-state index >= 15 is 0 Å². The number of para-hydroxylation sites is 1. The van der Waals surface area contributed by atoms with Crippen molar-refractivity contribution in [3.63, 3.8) is 0 Å². The molecule has 0 aromatic heterocycles. The standard InChI is InChI=1S/C23H19ClN2.C2H6/c1-15-6-4-5-7-23(15)26-17(3)21-11-9-19(24)13-22(21)20-10-8-18(14-25)12-16(20)2;1-2/h4-13H,1-3H3;1-2H3. The Morgan fingerprint density at radius 1 is 0.893 bits per heavy atom. The quantitative estimate of drug-likeness (QED) is 0.424. The third kappa shape index (κ3) is 4.88. The van der Waals surface area contributed by atoms with Crippen molar-refractivity contribution in [2.45, 2.75) is 34.6 Å². The Labute approximate surface area is 173 Å². The summed E-state index contributed by atoms with van der Waals surface area (Å²) >= 11 is 6.28.